The second-order valence-corrected chi connectivity index (χ2v) is 11.1. The van der Waals surface area contributed by atoms with E-state index in [9.17, 15) is 9.18 Å². The van der Waals surface area contributed by atoms with E-state index in [1.807, 2.05) is 0 Å². The number of carbonyl (C=O) groups excluding carboxylic acids is 2. The number of nitrogens with two attached hydrogens (primary N) is 2. The fourth-order valence-electron chi connectivity index (χ4n) is 4.06. The summed E-state index contributed by atoms with van der Waals surface area (Å²) in [7, 11) is 9.28. The number of primary amides is 1. The molecule has 1 aliphatic rings. The maximum Gasteiger partial charge on any atom is 0.255 e. The molecule has 0 radical (unpaired) electrons. The molecule has 3 rings (SSSR count). The number of carbonyl (C=O) groups is 2. The van der Waals surface area contributed by atoms with E-state index in [1.54, 1.807) is 25.3 Å². The Balaban J connectivity index is 0.000000717. The number of hydrogen-bond donors (Lipinski definition) is 4. The van der Waals surface area contributed by atoms with E-state index >= 15 is 0 Å². The average molecular weight is 630 g/mol. The van der Waals surface area contributed by atoms with Gasteiger partial charge in [0.15, 0.2) is 0 Å². The summed E-state index contributed by atoms with van der Waals surface area (Å²) in [6, 6.07) is 8.92. The molecule has 0 saturated carbocycles. The number of hydrogen-bond acceptors (Lipinski definition) is 9. The van der Waals surface area contributed by atoms with Crippen molar-refractivity contribution in [1.29, 1.82) is 0 Å². The first-order valence-electron chi connectivity index (χ1n) is 13.7. The lowest BCUT2D eigenvalue weighted by Gasteiger charge is -2.38. The number of piperidine rings is 1. The number of likely N-dealkylation sites (N-methyl/N-ethyl adjacent to an activating group) is 1. The number of aliphatic hydroxyl groups is 1. The second-order valence-electron chi connectivity index (χ2n) is 10.7. The lowest BCUT2D eigenvalue weighted by molar-refractivity contribution is -0.870. The van der Waals surface area contributed by atoms with Gasteiger partial charge in [-0.05, 0) is 43.2 Å². The van der Waals surface area contributed by atoms with Crippen LogP contribution < -0.4 is 31.4 Å². The van der Waals surface area contributed by atoms with Crippen molar-refractivity contribution in [2.24, 2.45) is 5.73 Å². The number of nitrogens with zero attached hydrogens (tertiary/aromatic N) is 2. The lowest BCUT2D eigenvalue weighted by atomic mass is 10.0. The number of aliphatic hydroxyl groups excluding tert-OH is 1. The van der Waals surface area contributed by atoms with Crippen LogP contribution in [0.25, 0.3) is 0 Å². The number of ether oxygens (including phenoxy) is 3. The molecule has 0 bridgehead atoms. The van der Waals surface area contributed by atoms with Crippen LogP contribution in [0.1, 0.15) is 23.2 Å². The van der Waals surface area contributed by atoms with Crippen LogP contribution in [0.15, 0.2) is 36.4 Å². The highest BCUT2D eigenvalue weighted by Gasteiger charge is 2.31. The molecule has 0 spiro atoms. The highest BCUT2D eigenvalue weighted by Crippen LogP contribution is 2.29. The molecule has 14 heteroatoms. The molecule has 242 valence electrons. The van der Waals surface area contributed by atoms with Gasteiger partial charge >= 0.3 is 0 Å². The molecule has 2 aromatic carbocycles. The van der Waals surface area contributed by atoms with Gasteiger partial charge < -0.3 is 55.4 Å². The zero-order chi connectivity index (χ0) is 32.6. The number of quaternary nitrogens is 1. The van der Waals surface area contributed by atoms with E-state index in [2.05, 4.69) is 37.1 Å². The number of carboxylic acid groups (broad SMARTS) is 1. The molecular formula is C29H45ClFN5O7. The zero-order valence-corrected chi connectivity index (χ0v) is 26.2. The minimum Gasteiger partial charge on any atom is -0.530 e. The van der Waals surface area contributed by atoms with E-state index in [0.717, 1.165) is 37.0 Å². The Kier molecular flexibility index (Phi) is 16.7. The standard InChI is InChI=1S/C23H29ClFN3O4.C5H14NO.CH3NO2/c1-30-21-13-19(26)18(24)12-17(21)23(29)27-20-8-10-28(14-22(20)31-2)9-3-11-32-16-6-4-15(25)5-7-16;1-6(2,3)4-5-7;2-1(3)4/h4-7,12-13,20,22H,3,8-11,14,26H2,1-2H3,(H,27,29);7H,4-5H2,1-3H3;2H2,(H,3,4)/q;+1;/p-1. The first-order valence-corrected chi connectivity index (χ1v) is 14.0. The van der Waals surface area contributed by atoms with Gasteiger partial charge in [-0.2, -0.15) is 0 Å². The van der Waals surface area contributed by atoms with Crippen LogP contribution in [-0.2, 0) is 4.74 Å². The molecular weight excluding hydrogens is 585 g/mol. The van der Waals surface area contributed by atoms with Crippen LogP contribution in [0.3, 0.4) is 0 Å². The van der Waals surface area contributed by atoms with E-state index in [-0.39, 0.29) is 30.5 Å². The van der Waals surface area contributed by atoms with Crippen LogP contribution in [0.2, 0.25) is 5.02 Å². The predicted molar refractivity (Wildman–Crippen MR) is 162 cm³/mol. The van der Waals surface area contributed by atoms with Crippen LogP contribution in [0.4, 0.5) is 14.9 Å². The van der Waals surface area contributed by atoms with Gasteiger partial charge in [0.25, 0.3) is 5.91 Å². The molecule has 2 unspecified atom stereocenters. The molecule has 6 N–H and O–H groups in total. The van der Waals surface area contributed by atoms with Gasteiger partial charge in [-0.1, -0.05) is 11.6 Å². The van der Waals surface area contributed by atoms with E-state index < -0.39 is 6.09 Å². The average Bonchev–Trinajstić information content (AvgIpc) is 2.93. The molecule has 0 aliphatic carbocycles. The number of likely N-dealkylation sites (tertiary alicyclic amines) is 1. The largest absolute Gasteiger partial charge is 0.530 e. The number of methoxy groups -OCH3 is 2. The Morgan fingerprint density at radius 2 is 1.84 bits per heavy atom. The Morgan fingerprint density at radius 3 is 2.35 bits per heavy atom. The highest BCUT2D eigenvalue weighted by molar-refractivity contribution is 6.33. The molecule has 1 fully saturated rings. The molecule has 1 saturated heterocycles. The van der Waals surface area contributed by atoms with E-state index in [4.69, 9.17) is 46.6 Å². The van der Waals surface area contributed by atoms with Crippen molar-refractivity contribution in [3.63, 3.8) is 0 Å². The number of amides is 2. The van der Waals surface area contributed by atoms with E-state index in [0.29, 0.717) is 40.9 Å². The molecule has 2 aromatic rings. The third-order valence-corrected chi connectivity index (χ3v) is 6.63. The van der Waals surface area contributed by atoms with E-state index in [1.165, 1.54) is 25.3 Å². The van der Waals surface area contributed by atoms with Gasteiger partial charge in [0, 0.05) is 32.8 Å². The topological polar surface area (TPSA) is 172 Å². The fourth-order valence-corrected chi connectivity index (χ4v) is 4.22. The van der Waals surface area contributed by atoms with Crippen LogP contribution in [0, 0.1) is 5.82 Å². The summed E-state index contributed by atoms with van der Waals surface area (Å²) in [6.45, 7) is 4.00. The Labute approximate surface area is 257 Å². The summed E-state index contributed by atoms with van der Waals surface area (Å²) in [6.07, 6.45) is -0.166. The van der Waals surface area contributed by atoms with Gasteiger partial charge in [0.05, 0.1) is 69.9 Å². The first kappa shape index (κ1) is 37.7. The number of rotatable bonds is 11. The van der Waals surface area contributed by atoms with Crippen molar-refractivity contribution in [1.82, 2.24) is 10.2 Å². The Bertz CT molecular complexity index is 1130. The molecule has 1 aliphatic heterocycles. The van der Waals surface area contributed by atoms with Gasteiger partial charge in [-0.25, -0.2) is 4.39 Å². The van der Waals surface area contributed by atoms with Crippen molar-refractivity contribution in [3.05, 3.63) is 52.8 Å². The SMILES string of the molecule is COc1cc(N)c(Cl)cc1C(=O)NC1CCN(CCCOc2ccc(F)cc2)CC1OC.C[N+](C)(C)CCO.NC(=O)[O-]. The van der Waals surface area contributed by atoms with Gasteiger partial charge in [0.2, 0.25) is 0 Å². The smallest absolute Gasteiger partial charge is 0.255 e. The molecule has 43 heavy (non-hydrogen) atoms. The van der Waals surface area contributed by atoms with Crippen LogP contribution in [0.5, 0.6) is 11.5 Å². The molecule has 2 atom stereocenters. The third kappa shape index (κ3) is 15.1. The number of benzene rings is 2. The fraction of sp³-hybridized carbons (Fsp3) is 0.517. The summed E-state index contributed by atoms with van der Waals surface area (Å²) in [5.41, 5.74) is 10.4. The number of anilines is 1. The normalized spacial score (nSPS) is 16.6. The quantitative estimate of drug-likeness (QED) is 0.162. The third-order valence-electron chi connectivity index (χ3n) is 6.30. The van der Waals surface area contributed by atoms with Crippen molar-refractivity contribution in [2.75, 3.05) is 80.5 Å². The van der Waals surface area contributed by atoms with Crippen molar-refractivity contribution in [3.8, 4) is 11.5 Å². The monoisotopic (exact) mass is 629 g/mol. The van der Waals surface area contributed by atoms with Gasteiger partial charge in [0.1, 0.15) is 30.0 Å². The lowest BCUT2D eigenvalue weighted by Crippen LogP contribution is -2.55. The predicted octanol–water partition coefficient (Wildman–Crippen LogP) is 1.33. The Hall–Kier alpha value is -3.36. The summed E-state index contributed by atoms with van der Waals surface area (Å²) < 4.78 is 30.4. The maximum atomic E-state index is 12.9. The maximum absolute atomic E-state index is 12.9. The molecule has 12 nitrogen and oxygen atoms in total. The second kappa shape index (κ2) is 19.0. The summed E-state index contributed by atoms with van der Waals surface area (Å²) in [5, 5.41) is 20.4. The van der Waals surface area contributed by atoms with Crippen molar-refractivity contribution < 1.29 is 42.9 Å². The minimum absolute atomic E-state index is 0.139. The molecule has 1 heterocycles. The summed E-state index contributed by atoms with van der Waals surface area (Å²) in [5.74, 6) is 0.463. The van der Waals surface area contributed by atoms with Crippen molar-refractivity contribution in [2.45, 2.75) is 25.0 Å². The van der Waals surface area contributed by atoms with Crippen LogP contribution >= 0.6 is 11.6 Å². The van der Waals surface area contributed by atoms with Crippen molar-refractivity contribution >= 4 is 29.3 Å². The highest BCUT2D eigenvalue weighted by atomic mass is 35.5. The number of nitrogen functional groups attached to an aromatic ring is 1. The first-order chi connectivity index (χ1) is 20.2. The number of halogens is 2. The van der Waals surface area contributed by atoms with Gasteiger partial charge in [-0.15, -0.1) is 0 Å². The van der Waals surface area contributed by atoms with Gasteiger partial charge in [-0.3, -0.25) is 4.79 Å². The molecule has 2 amide bonds. The molecule has 0 aromatic heterocycles. The Morgan fingerprint density at radius 1 is 1.21 bits per heavy atom. The minimum atomic E-state index is -1.58. The summed E-state index contributed by atoms with van der Waals surface area (Å²) >= 11 is 6.09. The number of nitrogens with one attached hydrogen (secondary N) is 1. The zero-order valence-electron chi connectivity index (χ0n) is 25.5. The van der Waals surface area contributed by atoms with Crippen LogP contribution in [-0.4, -0.2) is 113 Å². The summed E-state index contributed by atoms with van der Waals surface area (Å²) in [4.78, 5) is 23.8.